The molecule has 1 saturated carbocycles. The summed E-state index contributed by atoms with van der Waals surface area (Å²) in [5, 5.41) is 7.12. The summed E-state index contributed by atoms with van der Waals surface area (Å²) in [5.41, 5.74) is 0. The van der Waals surface area contributed by atoms with Crippen LogP contribution < -0.4 is 10.6 Å². The summed E-state index contributed by atoms with van der Waals surface area (Å²) in [6.45, 7) is 8.98. The van der Waals surface area contributed by atoms with Crippen LogP contribution >= 0.6 is 0 Å². The van der Waals surface area contributed by atoms with E-state index < -0.39 is 0 Å². The van der Waals surface area contributed by atoms with Crippen LogP contribution in [0.2, 0.25) is 0 Å². The van der Waals surface area contributed by atoms with Crippen molar-refractivity contribution in [1.82, 2.24) is 10.6 Å². The molecule has 0 aliphatic heterocycles. The average Bonchev–Trinajstić information content (AvgIpc) is 2.55. The van der Waals surface area contributed by atoms with Gasteiger partial charge in [-0.1, -0.05) is 52.4 Å². The van der Waals surface area contributed by atoms with Gasteiger partial charge >= 0.3 is 0 Å². The second-order valence-corrected chi connectivity index (χ2v) is 6.06. The van der Waals surface area contributed by atoms with Gasteiger partial charge in [0.05, 0.1) is 0 Å². The molecule has 2 heteroatoms. The van der Waals surface area contributed by atoms with E-state index in [0.717, 1.165) is 12.5 Å². The Morgan fingerprint density at radius 3 is 2.18 bits per heavy atom. The van der Waals surface area contributed by atoms with Crippen LogP contribution in [-0.2, 0) is 0 Å². The SMILES string of the molecule is CC(C)NCC(C)NCCC1CCCCCC1. The Hall–Kier alpha value is -0.0800. The fraction of sp³-hybridized carbons (Fsp3) is 1.00. The van der Waals surface area contributed by atoms with Crippen molar-refractivity contribution in [3.8, 4) is 0 Å². The zero-order chi connectivity index (χ0) is 12.5. The van der Waals surface area contributed by atoms with Crippen molar-refractivity contribution in [1.29, 1.82) is 0 Å². The van der Waals surface area contributed by atoms with Gasteiger partial charge in [-0.25, -0.2) is 0 Å². The molecule has 1 aliphatic carbocycles. The van der Waals surface area contributed by atoms with Crippen LogP contribution in [0.5, 0.6) is 0 Å². The molecule has 0 saturated heterocycles. The van der Waals surface area contributed by atoms with Crippen molar-refractivity contribution in [3.05, 3.63) is 0 Å². The van der Waals surface area contributed by atoms with E-state index in [1.165, 1.54) is 51.5 Å². The largest absolute Gasteiger partial charge is 0.313 e. The summed E-state index contributed by atoms with van der Waals surface area (Å²) in [4.78, 5) is 0. The second kappa shape index (κ2) is 8.93. The van der Waals surface area contributed by atoms with Gasteiger partial charge in [0.2, 0.25) is 0 Å². The highest BCUT2D eigenvalue weighted by Gasteiger charge is 2.12. The summed E-state index contributed by atoms with van der Waals surface area (Å²) in [6.07, 6.45) is 10.2. The topological polar surface area (TPSA) is 24.1 Å². The fourth-order valence-electron chi connectivity index (χ4n) is 2.67. The van der Waals surface area contributed by atoms with Crippen molar-refractivity contribution in [2.75, 3.05) is 13.1 Å². The van der Waals surface area contributed by atoms with Crippen LogP contribution in [0.25, 0.3) is 0 Å². The van der Waals surface area contributed by atoms with Gasteiger partial charge in [-0.15, -0.1) is 0 Å². The maximum atomic E-state index is 3.64. The van der Waals surface area contributed by atoms with Crippen molar-refractivity contribution < 1.29 is 0 Å². The number of rotatable bonds is 7. The second-order valence-electron chi connectivity index (χ2n) is 6.06. The minimum atomic E-state index is 0.598. The smallest absolute Gasteiger partial charge is 0.0164 e. The normalized spacial score (nSPS) is 20.5. The summed E-state index contributed by atoms with van der Waals surface area (Å²) < 4.78 is 0. The van der Waals surface area contributed by atoms with Gasteiger partial charge in [0.15, 0.2) is 0 Å². The van der Waals surface area contributed by atoms with Gasteiger partial charge in [0.1, 0.15) is 0 Å². The first-order valence-corrected chi connectivity index (χ1v) is 7.65. The van der Waals surface area contributed by atoms with E-state index in [4.69, 9.17) is 0 Å². The third-order valence-corrected chi connectivity index (χ3v) is 3.85. The Morgan fingerprint density at radius 1 is 0.941 bits per heavy atom. The van der Waals surface area contributed by atoms with E-state index in [9.17, 15) is 0 Å². The third kappa shape index (κ3) is 7.77. The molecule has 1 rings (SSSR count). The minimum absolute atomic E-state index is 0.598. The van der Waals surface area contributed by atoms with Gasteiger partial charge in [0.25, 0.3) is 0 Å². The molecule has 1 atom stereocenters. The first kappa shape index (κ1) is 15.0. The Labute approximate surface area is 108 Å². The summed E-state index contributed by atoms with van der Waals surface area (Å²) in [5.74, 6) is 0.996. The highest BCUT2D eigenvalue weighted by atomic mass is 15.0. The highest BCUT2D eigenvalue weighted by Crippen LogP contribution is 2.24. The highest BCUT2D eigenvalue weighted by molar-refractivity contribution is 4.69. The van der Waals surface area contributed by atoms with E-state index in [1.807, 2.05) is 0 Å². The van der Waals surface area contributed by atoms with Crippen LogP contribution in [-0.4, -0.2) is 25.2 Å². The molecule has 2 N–H and O–H groups in total. The van der Waals surface area contributed by atoms with E-state index in [1.54, 1.807) is 0 Å². The molecular formula is C15H32N2. The summed E-state index contributed by atoms with van der Waals surface area (Å²) >= 11 is 0. The molecule has 0 heterocycles. The van der Waals surface area contributed by atoms with E-state index >= 15 is 0 Å². The van der Waals surface area contributed by atoms with Crippen LogP contribution in [0.4, 0.5) is 0 Å². The van der Waals surface area contributed by atoms with Crippen LogP contribution in [0.1, 0.15) is 65.7 Å². The standard InChI is InChI=1S/C15H32N2/c1-13(2)17-12-14(3)16-11-10-15-8-6-4-5-7-9-15/h13-17H,4-12H2,1-3H3. The van der Waals surface area contributed by atoms with E-state index in [-0.39, 0.29) is 0 Å². The molecule has 0 amide bonds. The van der Waals surface area contributed by atoms with E-state index in [0.29, 0.717) is 12.1 Å². The molecule has 102 valence electrons. The zero-order valence-corrected chi connectivity index (χ0v) is 12.1. The summed E-state index contributed by atoms with van der Waals surface area (Å²) in [6, 6.07) is 1.20. The Kier molecular flexibility index (Phi) is 7.87. The Morgan fingerprint density at radius 2 is 1.59 bits per heavy atom. The Balaban J connectivity index is 2.01. The fourth-order valence-corrected chi connectivity index (χ4v) is 2.67. The summed E-state index contributed by atoms with van der Waals surface area (Å²) in [7, 11) is 0. The number of nitrogens with one attached hydrogen (secondary N) is 2. The molecular weight excluding hydrogens is 208 g/mol. The first-order chi connectivity index (χ1) is 8.18. The van der Waals surface area contributed by atoms with Gasteiger partial charge in [-0.3, -0.25) is 0 Å². The minimum Gasteiger partial charge on any atom is -0.313 e. The molecule has 0 spiro atoms. The van der Waals surface area contributed by atoms with Crippen molar-refractivity contribution in [3.63, 3.8) is 0 Å². The molecule has 1 aliphatic rings. The lowest BCUT2D eigenvalue weighted by atomic mass is 9.96. The van der Waals surface area contributed by atoms with Crippen molar-refractivity contribution >= 4 is 0 Å². The van der Waals surface area contributed by atoms with Gasteiger partial charge in [0, 0.05) is 18.6 Å². The maximum absolute atomic E-state index is 3.64. The predicted octanol–water partition coefficient (Wildman–Crippen LogP) is 3.32. The maximum Gasteiger partial charge on any atom is 0.0164 e. The molecule has 0 aromatic heterocycles. The zero-order valence-electron chi connectivity index (χ0n) is 12.1. The molecule has 17 heavy (non-hydrogen) atoms. The first-order valence-electron chi connectivity index (χ1n) is 7.65. The Bertz CT molecular complexity index is 172. The molecule has 0 radical (unpaired) electrons. The van der Waals surface area contributed by atoms with Gasteiger partial charge < -0.3 is 10.6 Å². The van der Waals surface area contributed by atoms with Gasteiger partial charge in [-0.2, -0.15) is 0 Å². The predicted molar refractivity (Wildman–Crippen MR) is 76.4 cm³/mol. The van der Waals surface area contributed by atoms with Crippen LogP contribution in [0, 0.1) is 5.92 Å². The lowest BCUT2D eigenvalue weighted by Gasteiger charge is -2.19. The van der Waals surface area contributed by atoms with Crippen molar-refractivity contribution in [2.45, 2.75) is 77.8 Å². The molecule has 1 unspecified atom stereocenters. The third-order valence-electron chi connectivity index (χ3n) is 3.85. The molecule has 0 bridgehead atoms. The monoisotopic (exact) mass is 240 g/mol. The van der Waals surface area contributed by atoms with Gasteiger partial charge in [-0.05, 0) is 25.8 Å². The molecule has 1 fully saturated rings. The molecule has 0 aromatic rings. The van der Waals surface area contributed by atoms with Crippen molar-refractivity contribution in [2.24, 2.45) is 5.92 Å². The molecule has 0 aromatic carbocycles. The van der Waals surface area contributed by atoms with Crippen LogP contribution in [0.15, 0.2) is 0 Å². The quantitative estimate of drug-likeness (QED) is 0.667. The lowest BCUT2D eigenvalue weighted by Crippen LogP contribution is -2.39. The van der Waals surface area contributed by atoms with E-state index in [2.05, 4.69) is 31.4 Å². The lowest BCUT2D eigenvalue weighted by molar-refractivity contribution is 0.393. The van der Waals surface area contributed by atoms with Crippen LogP contribution in [0.3, 0.4) is 0 Å². The molecule has 2 nitrogen and oxygen atoms in total. The number of hydrogen-bond donors (Lipinski definition) is 2. The number of hydrogen-bond acceptors (Lipinski definition) is 2. The average molecular weight is 240 g/mol.